The zero-order chi connectivity index (χ0) is 16.4. The van der Waals surface area contributed by atoms with E-state index in [0.717, 1.165) is 12.8 Å². The Labute approximate surface area is 133 Å². The Morgan fingerprint density at radius 1 is 1.43 bits per heavy atom. The molecule has 2 N–H and O–H groups in total. The number of H-pyrrole nitrogens is 1. The van der Waals surface area contributed by atoms with Gasteiger partial charge in [-0.25, -0.2) is 9.97 Å². The summed E-state index contributed by atoms with van der Waals surface area (Å²) in [4.78, 5) is 36.7. The van der Waals surface area contributed by atoms with Gasteiger partial charge in [0.2, 0.25) is 5.91 Å². The molecular formula is C16H19N5O2. The number of fused-ring (bicyclic) bond motifs is 1. The van der Waals surface area contributed by atoms with Gasteiger partial charge in [-0.15, -0.1) is 0 Å². The van der Waals surface area contributed by atoms with Gasteiger partial charge in [0.15, 0.2) is 11.4 Å². The monoisotopic (exact) mass is 313 g/mol. The number of Topliss-reactive ketones (excluding diaryl/α,β-unsaturated/α-hetero) is 1. The van der Waals surface area contributed by atoms with Crippen molar-refractivity contribution in [1.29, 1.82) is 0 Å². The predicted molar refractivity (Wildman–Crippen MR) is 87.3 cm³/mol. The summed E-state index contributed by atoms with van der Waals surface area (Å²) in [5.74, 6) is 0.579. The number of amides is 1. The van der Waals surface area contributed by atoms with Gasteiger partial charge >= 0.3 is 0 Å². The average Bonchev–Trinajstić information content (AvgIpc) is 2.98. The van der Waals surface area contributed by atoms with Gasteiger partial charge in [0.05, 0.1) is 11.8 Å². The van der Waals surface area contributed by atoms with Crippen molar-refractivity contribution in [3.05, 3.63) is 30.6 Å². The number of ketones is 1. The molecule has 3 rings (SSSR count). The highest BCUT2D eigenvalue weighted by molar-refractivity contribution is 6.04. The first kappa shape index (κ1) is 15.2. The Morgan fingerprint density at radius 3 is 2.83 bits per heavy atom. The molecule has 0 atom stereocenters. The highest BCUT2D eigenvalue weighted by Crippen LogP contribution is 2.19. The van der Waals surface area contributed by atoms with Crippen LogP contribution in [0.5, 0.6) is 0 Å². The van der Waals surface area contributed by atoms with Gasteiger partial charge in [-0.2, -0.15) is 0 Å². The third-order valence-electron chi connectivity index (χ3n) is 4.09. The molecule has 2 aromatic heterocycles. The number of aromatic nitrogens is 3. The maximum absolute atomic E-state index is 11.6. The van der Waals surface area contributed by atoms with Crippen LogP contribution in [0.15, 0.2) is 25.0 Å². The number of nitrogens with one attached hydrogen (secondary N) is 2. The molecule has 0 unspecified atom stereocenters. The fourth-order valence-electron chi connectivity index (χ4n) is 2.81. The molecule has 2 aromatic rings. The molecule has 0 aliphatic carbocycles. The molecule has 120 valence electrons. The fraction of sp³-hybridized carbons (Fsp3) is 0.375. The number of hydrogen-bond donors (Lipinski definition) is 2. The van der Waals surface area contributed by atoms with Gasteiger partial charge in [-0.3, -0.25) is 9.59 Å². The van der Waals surface area contributed by atoms with Crippen molar-refractivity contribution in [2.45, 2.75) is 25.8 Å². The minimum Gasteiger partial charge on any atom is -0.366 e. The highest BCUT2D eigenvalue weighted by atomic mass is 16.2. The molecule has 7 nitrogen and oxygen atoms in total. The number of nitrogens with zero attached hydrogens (tertiary/aromatic N) is 3. The predicted octanol–water partition coefficient (Wildman–Crippen LogP) is 1.75. The van der Waals surface area contributed by atoms with Crippen molar-refractivity contribution in [2.75, 3.05) is 18.4 Å². The summed E-state index contributed by atoms with van der Waals surface area (Å²) in [6.45, 7) is 6.41. The zero-order valence-electron chi connectivity index (χ0n) is 13.0. The minimum absolute atomic E-state index is 0.0249. The lowest BCUT2D eigenvalue weighted by Gasteiger charge is -2.31. The van der Waals surface area contributed by atoms with E-state index in [-0.39, 0.29) is 17.7 Å². The summed E-state index contributed by atoms with van der Waals surface area (Å²) in [7, 11) is 0. The molecule has 0 radical (unpaired) electrons. The highest BCUT2D eigenvalue weighted by Gasteiger charge is 2.22. The van der Waals surface area contributed by atoms with Gasteiger partial charge in [-0.05, 0) is 25.8 Å². The molecule has 1 saturated heterocycles. The van der Waals surface area contributed by atoms with Crippen LogP contribution in [0, 0.1) is 0 Å². The lowest BCUT2D eigenvalue weighted by atomic mass is 10.1. The summed E-state index contributed by atoms with van der Waals surface area (Å²) in [5.41, 5.74) is 1.73. The van der Waals surface area contributed by atoms with Crippen molar-refractivity contribution in [3.8, 4) is 0 Å². The third-order valence-corrected chi connectivity index (χ3v) is 4.09. The van der Waals surface area contributed by atoms with Crippen molar-refractivity contribution < 1.29 is 9.59 Å². The first-order chi connectivity index (χ1) is 11.1. The number of piperidine rings is 1. The van der Waals surface area contributed by atoms with E-state index in [9.17, 15) is 9.59 Å². The molecular weight excluding hydrogens is 294 g/mol. The first-order valence-electron chi connectivity index (χ1n) is 7.61. The van der Waals surface area contributed by atoms with Crippen molar-refractivity contribution >= 4 is 28.7 Å². The maximum atomic E-state index is 11.6. The van der Waals surface area contributed by atoms with E-state index in [0.29, 0.717) is 35.6 Å². The van der Waals surface area contributed by atoms with Crippen molar-refractivity contribution in [2.24, 2.45) is 0 Å². The fourth-order valence-corrected chi connectivity index (χ4v) is 2.81. The van der Waals surface area contributed by atoms with Crippen LogP contribution in [0.1, 0.15) is 30.1 Å². The van der Waals surface area contributed by atoms with Gasteiger partial charge in [0, 0.05) is 25.3 Å². The standard InChI is InChI=1S/C16H19N5O2/c1-3-14(23)21-6-4-11(5-7-21)19-13-9-18-16-15(20-13)12(8-17-16)10(2)22/h3,8-9,11H,1,4-7H2,2H3,(H,17,18)(H,19,20). The summed E-state index contributed by atoms with van der Waals surface area (Å²) in [5, 5.41) is 3.34. The van der Waals surface area contributed by atoms with Crippen LogP contribution in [-0.4, -0.2) is 50.7 Å². The van der Waals surface area contributed by atoms with Crippen LogP contribution < -0.4 is 5.32 Å². The number of rotatable bonds is 4. The normalized spacial score (nSPS) is 15.6. The molecule has 1 aliphatic heterocycles. The molecule has 23 heavy (non-hydrogen) atoms. The molecule has 3 heterocycles. The molecule has 0 spiro atoms. The van der Waals surface area contributed by atoms with E-state index in [2.05, 4.69) is 26.8 Å². The van der Waals surface area contributed by atoms with E-state index in [1.165, 1.54) is 13.0 Å². The maximum Gasteiger partial charge on any atom is 0.245 e. The summed E-state index contributed by atoms with van der Waals surface area (Å²) >= 11 is 0. The number of anilines is 1. The second-order valence-electron chi connectivity index (χ2n) is 5.66. The lowest BCUT2D eigenvalue weighted by molar-refractivity contribution is -0.126. The molecule has 1 amide bonds. The largest absolute Gasteiger partial charge is 0.366 e. The molecule has 0 saturated carbocycles. The first-order valence-corrected chi connectivity index (χ1v) is 7.61. The molecule has 1 fully saturated rings. The van der Waals surface area contributed by atoms with Gasteiger partial charge in [0.25, 0.3) is 0 Å². The Bertz CT molecular complexity index is 759. The lowest BCUT2D eigenvalue weighted by Crippen LogP contribution is -2.41. The van der Waals surface area contributed by atoms with E-state index < -0.39 is 0 Å². The topological polar surface area (TPSA) is 91.0 Å². The van der Waals surface area contributed by atoms with Crippen LogP contribution >= 0.6 is 0 Å². The van der Waals surface area contributed by atoms with Crippen LogP contribution in [0.4, 0.5) is 5.82 Å². The van der Waals surface area contributed by atoms with Crippen LogP contribution in [0.25, 0.3) is 11.2 Å². The third kappa shape index (κ3) is 3.08. The smallest absolute Gasteiger partial charge is 0.245 e. The van der Waals surface area contributed by atoms with Crippen LogP contribution in [-0.2, 0) is 4.79 Å². The molecule has 7 heteroatoms. The van der Waals surface area contributed by atoms with Crippen molar-refractivity contribution in [3.63, 3.8) is 0 Å². The molecule has 1 aliphatic rings. The van der Waals surface area contributed by atoms with E-state index >= 15 is 0 Å². The Morgan fingerprint density at radius 2 is 2.17 bits per heavy atom. The zero-order valence-corrected chi connectivity index (χ0v) is 13.0. The van der Waals surface area contributed by atoms with E-state index in [1.807, 2.05) is 0 Å². The summed E-state index contributed by atoms with van der Waals surface area (Å²) in [6.07, 6.45) is 6.32. The Balaban J connectivity index is 1.70. The number of carbonyl (C=O) groups is 2. The van der Waals surface area contributed by atoms with Crippen LogP contribution in [0.2, 0.25) is 0 Å². The summed E-state index contributed by atoms with van der Waals surface area (Å²) in [6, 6.07) is 0.232. The minimum atomic E-state index is -0.0426. The van der Waals surface area contributed by atoms with Crippen LogP contribution in [0.3, 0.4) is 0 Å². The molecule has 0 aromatic carbocycles. The SMILES string of the molecule is C=CC(=O)N1CCC(Nc2cnc3[nH]cc(C(C)=O)c3n2)CC1. The van der Waals surface area contributed by atoms with Crippen molar-refractivity contribution in [1.82, 2.24) is 19.9 Å². The van der Waals surface area contributed by atoms with E-state index in [4.69, 9.17) is 0 Å². The molecule has 0 bridgehead atoms. The Kier molecular flexibility index (Phi) is 4.10. The van der Waals surface area contributed by atoms with Gasteiger partial charge in [0.1, 0.15) is 11.3 Å². The van der Waals surface area contributed by atoms with Gasteiger partial charge < -0.3 is 15.2 Å². The number of aromatic amines is 1. The second-order valence-corrected chi connectivity index (χ2v) is 5.66. The second kappa shape index (κ2) is 6.20. The number of likely N-dealkylation sites (tertiary alicyclic amines) is 1. The average molecular weight is 313 g/mol. The summed E-state index contributed by atoms with van der Waals surface area (Å²) < 4.78 is 0. The Hall–Kier alpha value is -2.70. The quantitative estimate of drug-likeness (QED) is 0.663. The number of carbonyl (C=O) groups excluding carboxylic acids is 2. The number of hydrogen-bond acceptors (Lipinski definition) is 5. The van der Waals surface area contributed by atoms with E-state index in [1.54, 1.807) is 17.3 Å². The van der Waals surface area contributed by atoms with Gasteiger partial charge in [-0.1, -0.05) is 6.58 Å².